The van der Waals surface area contributed by atoms with Crippen LogP contribution < -0.4 is 0 Å². The SMILES string of the molecule is Br.CCCCCCCCCCCCCCCC[N+](C)(C)C(CCCCCCCCCC)c1ccccc1. The molecule has 0 saturated heterocycles. The minimum absolute atomic E-state index is 0. The molecule has 2 heteroatoms. The van der Waals surface area contributed by atoms with E-state index in [-0.39, 0.29) is 17.0 Å². The maximum atomic E-state index is 2.49. The number of benzene rings is 1. The van der Waals surface area contributed by atoms with Crippen molar-refractivity contribution in [3.05, 3.63) is 35.9 Å². The number of halogens is 1. The summed E-state index contributed by atoms with van der Waals surface area (Å²) >= 11 is 0. The van der Waals surface area contributed by atoms with Gasteiger partial charge in [0.25, 0.3) is 0 Å². The van der Waals surface area contributed by atoms with Gasteiger partial charge in [0.2, 0.25) is 0 Å². The van der Waals surface area contributed by atoms with Crippen molar-refractivity contribution in [1.29, 1.82) is 0 Å². The first-order valence-corrected chi connectivity index (χ1v) is 16.5. The zero-order chi connectivity index (χ0) is 26.2. The highest BCUT2D eigenvalue weighted by atomic mass is 79.9. The highest BCUT2D eigenvalue weighted by Gasteiger charge is 2.28. The summed E-state index contributed by atoms with van der Waals surface area (Å²) in [5, 5.41) is 0. The van der Waals surface area contributed by atoms with E-state index in [2.05, 4.69) is 58.3 Å². The minimum atomic E-state index is 0. The van der Waals surface area contributed by atoms with Crippen molar-refractivity contribution in [2.24, 2.45) is 0 Å². The van der Waals surface area contributed by atoms with Crippen LogP contribution in [0.25, 0.3) is 0 Å². The van der Waals surface area contributed by atoms with Crippen molar-refractivity contribution in [2.75, 3.05) is 20.6 Å². The van der Waals surface area contributed by atoms with Gasteiger partial charge in [-0.15, -0.1) is 17.0 Å². The minimum Gasteiger partial charge on any atom is -0.322 e. The Morgan fingerprint density at radius 3 is 1.24 bits per heavy atom. The number of rotatable bonds is 26. The van der Waals surface area contributed by atoms with Gasteiger partial charge in [-0.05, 0) is 19.3 Å². The molecule has 0 aliphatic carbocycles. The normalized spacial score (nSPS) is 12.4. The van der Waals surface area contributed by atoms with Gasteiger partial charge in [-0.3, -0.25) is 0 Å². The molecule has 0 fully saturated rings. The molecule has 218 valence electrons. The third-order valence-electron chi connectivity index (χ3n) is 8.45. The van der Waals surface area contributed by atoms with Crippen molar-refractivity contribution in [3.8, 4) is 0 Å². The lowest BCUT2D eigenvalue weighted by Crippen LogP contribution is -2.44. The third kappa shape index (κ3) is 20.3. The molecule has 0 aliphatic heterocycles. The Morgan fingerprint density at radius 1 is 0.486 bits per heavy atom. The molecule has 0 saturated carbocycles. The van der Waals surface area contributed by atoms with Gasteiger partial charge in [0.05, 0.1) is 20.6 Å². The molecule has 1 aromatic rings. The topological polar surface area (TPSA) is 0 Å². The summed E-state index contributed by atoms with van der Waals surface area (Å²) in [7, 11) is 4.98. The highest BCUT2D eigenvalue weighted by Crippen LogP contribution is 2.31. The summed E-state index contributed by atoms with van der Waals surface area (Å²) < 4.78 is 1.15. The van der Waals surface area contributed by atoms with Crippen LogP contribution >= 0.6 is 17.0 Å². The van der Waals surface area contributed by atoms with Gasteiger partial charge >= 0.3 is 0 Å². The van der Waals surface area contributed by atoms with Crippen LogP contribution in [0.15, 0.2) is 30.3 Å². The monoisotopic (exact) mass is 580 g/mol. The van der Waals surface area contributed by atoms with Crippen molar-refractivity contribution in [2.45, 2.75) is 168 Å². The predicted octanol–water partition coefficient (Wildman–Crippen LogP) is 12.4. The van der Waals surface area contributed by atoms with Gasteiger partial charge in [-0.2, -0.15) is 0 Å². The molecule has 0 radical (unpaired) electrons. The predicted molar refractivity (Wildman–Crippen MR) is 174 cm³/mol. The summed E-state index contributed by atoms with van der Waals surface area (Å²) in [5.74, 6) is 0. The van der Waals surface area contributed by atoms with Gasteiger partial charge in [0.15, 0.2) is 0 Å². The molecule has 0 bridgehead atoms. The van der Waals surface area contributed by atoms with Crippen LogP contribution in [-0.2, 0) is 0 Å². The van der Waals surface area contributed by atoms with Gasteiger partial charge in [-0.1, -0.05) is 166 Å². The van der Waals surface area contributed by atoms with Crippen LogP contribution in [0.2, 0.25) is 0 Å². The first kappa shape index (κ1) is 36.7. The number of hydrogen-bond donors (Lipinski definition) is 0. The number of unbranched alkanes of at least 4 members (excludes halogenated alkanes) is 20. The molecular weight excluding hydrogens is 514 g/mol. The van der Waals surface area contributed by atoms with E-state index in [4.69, 9.17) is 0 Å². The average Bonchev–Trinajstić information content (AvgIpc) is 2.88. The molecule has 1 nitrogen and oxygen atoms in total. The maximum Gasteiger partial charge on any atom is 0.114 e. The van der Waals surface area contributed by atoms with Crippen molar-refractivity contribution < 1.29 is 4.48 Å². The van der Waals surface area contributed by atoms with E-state index in [0.717, 1.165) is 4.48 Å². The van der Waals surface area contributed by atoms with Gasteiger partial charge in [0.1, 0.15) is 6.04 Å². The van der Waals surface area contributed by atoms with Crippen molar-refractivity contribution >= 4 is 17.0 Å². The van der Waals surface area contributed by atoms with Gasteiger partial charge in [-0.25, -0.2) is 0 Å². The molecule has 37 heavy (non-hydrogen) atoms. The van der Waals surface area contributed by atoms with Crippen LogP contribution in [0.4, 0.5) is 0 Å². The molecule has 0 N–H and O–H groups in total. The molecule has 1 aromatic carbocycles. The Hall–Kier alpha value is -0.340. The van der Waals surface area contributed by atoms with E-state index in [1.807, 2.05) is 0 Å². The summed E-state index contributed by atoms with van der Waals surface area (Å²) in [5.41, 5.74) is 1.55. The standard InChI is InChI=1S/C35H66N.BrH/c1-5-7-9-11-13-15-16-17-18-19-20-22-24-29-33-36(3,4)35(34-30-26-25-27-31-34)32-28-23-21-14-12-10-8-6-2;/h25-27,30-31,35H,5-24,28-29,32-33H2,1-4H3;1H/q+1;. The molecule has 1 unspecified atom stereocenters. The van der Waals surface area contributed by atoms with Crippen LogP contribution in [0, 0.1) is 0 Å². The summed E-state index contributed by atoms with van der Waals surface area (Å²) in [6.45, 7) is 5.93. The maximum absolute atomic E-state index is 2.49. The third-order valence-corrected chi connectivity index (χ3v) is 8.45. The van der Waals surface area contributed by atoms with Crippen LogP contribution in [0.5, 0.6) is 0 Å². The van der Waals surface area contributed by atoms with Crippen LogP contribution in [0.1, 0.15) is 173 Å². The van der Waals surface area contributed by atoms with E-state index in [1.165, 1.54) is 154 Å². The number of quaternary nitrogens is 1. The first-order chi connectivity index (χ1) is 17.6. The van der Waals surface area contributed by atoms with Gasteiger partial charge < -0.3 is 4.48 Å². The number of hydrogen-bond acceptors (Lipinski definition) is 0. The fourth-order valence-electron chi connectivity index (χ4n) is 5.94. The second-order valence-electron chi connectivity index (χ2n) is 12.3. The Bertz CT molecular complexity index is 570. The molecule has 1 rings (SSSR count). The largest absolute Gasteiger partial charge is 0.322 e. The smallest absolute Gasteiger partial charge is 0.114 e. The van der Waals surface area contributed by atoms with Gasteiger partial charge in [0, 0.05) is 12.0 Å². The lowest BCUT2D eigenvalue weighted by molar-refractivity contribution is -0.921. The zero-order valence-corrected chi connectivity index (χ0v) is 27.5. The van der Waals surface area contributed by atoms with E-state index < -0.39 is 0 Å². The summed E-state index contributed by atoms with van der Waals surface area (Å²) in [6.07, 6.45) is 32.8. The Labute approximate surface area is 244 Å². The first-order valence-electron chi connectivity index (χ1n) is 16.5. The molecular formula is C35H67BrN+. The Kier molecular flexibility index (Phi) is 25.7. The number of nitrogens with zero attached hydrogens (tertiary/aromatic N) is 1. The fraction of sp³-hybridized carbons (Fsp3) is 0.829. The van der Waals surface area contributed by atoms with E-state index in [1.54, 1.807) is 5.56 Å². The summed E-state index contributed by atoms with van der Waals surface area (Å²) in [4.78, 5) is 0. The van der Waals surface area contributed by atoms with E-state index >= 15 is 0 Å². The lowest BCUT2D eigenvalue weighted by Gasteiger charge is -2.39. The van der Waals surface area contributed by atoms with E-state index in [0.29, 0.717) is 6.04 Å². The molecule has 0 amide bonds. The average molecular weight is 582 g/mol. The van der Waals surface area contributed by atoms with E-state index in [9.17, 15) is 0 Å². The molecule has 0 spiro atoms. The molecule has 1 atom stereocenters. The Balaban J connectivity index is 0.0000130. The second-order valence-corrected chi connectivity index (χ2v) is 12.3. The van der Waals surface area contributed by atoms with Crippen molar-refractivity contribution in [3.63, 3.8) is 0 Å². The lowest BCUT2D eigenvalue weighted by atomic mass is 9.96. The molecule has 0 aromatic heterocycles. The zero-order valence-electron chi connectivity index (χ0n) is 25.8. The summed E-state index contributed by atoms with van der Waals surface area (Å²) in [6, 6.07) is 12.0. The fourth-order valence-corrected chi connectivity index (χ4v) is 5.94. The quantitative estimate of drug-likeness (QED) is 0.0754. The van der Waals surface area contributed by atoms with Crippen LogP contribution in [0.3, 0.4) is 0 Å². The van der Waals surface area contributed by atoms with Crippen LogP contribution in [-0.4, -0.2) is 25.1 Å². The van der Waals surface area contributed by atoms with Crippen molar-refractivity contribution in [1.82, 2.24) is 0 Å². The Morgan fingerprint density at radius 2 is 0.838 bits per heavy atom. The highest BCUT2D eigenvalue weighted by molar-refractivity contribution is 8.93. The molecule has 0 heterocycles. The molecule has 0 aliphatic rings. The second kappa shape index (κ2) is 25.9.